The second kappa shape index (κ2) is 6.57. The van der Waals surface area contributed by atoms with Gasteiger partial charge in [0, 0.05) is 24.6 Å². The molecule has 1 amide bonds. The van der Waals surface area contributed by atoms with Gasteiger partial charge in [-0.25, -0.2) is 8.42 Å². The van der Waals surface area contributed by atoms with Gasteiger partial charge in [-0.15, -0.1) is 0 Å². The summed E-state index contributed by atoms with van der Waals surface area (Å²) in [6.07, 6.45) is 1.77. The van der Waals surface area contributed by atoms with E-state index in [0.29, 0.717) is 17.7 Å². The van der Waals surface area contributed by atoms with E-state index in [1.54, 1.807) is 22.5 Å². The highest BCUT2D eigenvalue weighted by atomic mass is 32.2. The van der Waals surface area contributed by atoms with Crippen LogP contribution in [0.2, 0.25) is 0 Å². The molecule has 3 heterocycles. The molecule has 2 aromatic rings. The number of anilines is 2. The molecule has 3 aliphatic heterocycles. The average Bonchev–Trinajstić information content (AvgIpc) is 3.01. The number of aryl methyl sites for hydroxylation is 2. The summed E-state index contributed by atoms with van der Waals surface area (Å²) in [7, 11) is -1.60. The highest BCUT2D eigenvalue weighted by Crippen LogP contribution is 2.47. The van der Waals surface area contributed by atoms with Crippen molar-refractivity contribution in [3.05, 3.63) is 53.1 Å². The molecule has 0 radical (unpaired) electrons. The topological polar surface area (TPSA) is 69.7 Å². The molecule has 152 valence electrons. The smallest absolute Gasteiger partial charge is 0.264 e. The van der Waals surface area contributed by atoms with Gasteiger partial charge in [0.05, 0.1) is 16.6 Å². The molecule has 7 heteroatoms. The molecule has 1 N–H and O–H groups in total. The summed E-state index contributed by atoms with van der Waals surface area (Å²) in [6, 6.07) is 11.1. The third-order valence-corrected chi connectivity index (χ3v) is 8.26. The number of likely N-dealkylation sites (tertiary alicyclic amines) is 1. The number of fused-ring (bicyclic) bond motifs is 4. The molecule has 6 nitrogen and oxygen atoms in total. The standard InChI is InChI=1S/C22H25N3O3S/c1-14-3-7-20-17(11-14)18-13-24(2)10-9-21(18)25(20)29(27,28)16-5-6-19-15(12-16)4-8-22(26)23-19/h3,5-7,11-12,18,21H,4,8-10,13H2,1-2H3,(H,23,26)/t18-,21+/m1/s1. The van der Waals surface area contributed by atoms with Crippen LogP contribution in [0.1, 0.15) is 35.4 Å². The fourth-order valence-electron chi connectivity index (χ4n) is 4.98. The van der Waals surface area contributed by atoms with Crippen LogP contribution in [-0.2, 0) is 21.2 Å². The molecule has 5 rings (SSSR count). The Hall–Kier alpha value is -2.38. The number of amides is 1. The molecule has 1 fully saturated rings. The normalized spacial score (nSPS) is 23.9. The minimum Gasteiger partial charge on any atom is -0.326 e. The highest BCUT2D eigenvalue weighted by Gasteiger charge is 2.46. The Morgan fingerprint density at radius 1 is 1.10 bits per heavy atom. The van der Waals surface area contributed by atoms with Crippen molar-refractivity contribution < 1.29 is 13.2 Å². The van der Waals surface area contributed by atoms with E-state index in [1.165, 1.54) is 0 Å². The van der Waals surface area contributed by atoms with Crippen LogP contribution in [0.25, 0.3) is 0 Å². The summed E-state index contributed by atoms with van der Waals surface area (Å²) < 4.78 is 29.3. The van der Waals surface area contributed by atoms with Crippen LogP contribution in [-0.4, -0.2) is 45.4 Å². The Morgan fingerprint density at radius 2 is 1.93 bits per heavy atom. The summed E-state index contributed by atoms with van der Waals surface area (Å²) in [5.41, 5.74) is 4.70. The summed E-state index contributed by atoms with van der Waals surface area (Å²) in [6.45, 7) is 3.80. The van der Waals surface area contributed by atoms with Crippen LogP contribution >= 0.6 is 0 Å². The zero-order valence-corrected chi connectivity index (χ0v) is 17.5. The summed E-state index contributed by atoms with van der Waals surface area (Å²) in [5, 5.41) is 2.83. The molecule has 2 aromatic carbocycles. The van der Waals surface area contributed by atoms with E-state index in [4.69, 9.17) is 0 Å². The van der Waals surface area contributed by atoms with Crippen LogP contribution < -0.4 is 9.62 Å². The van der Waals surface area contributed by atoms with E-state index in [-0.39, 0.29) is 17.9 Å². The second-order valence-corrected chi connectivity index (χ2v) is 10.3. The first-order valence-electron chi connectivity index (χ1n) is 10.1. The lowest BCUT2D eigenvalue weighted by Gasteiger charge is -2.36. The first kappa shape index (κ1) is 18.6. The van der Waals surface area contributed by atoms with Crippen molar-refractivity contribution in [3.8, 4) is 0 Å². The van der Waals surface area contributed by atoms with Crippen LogP contribution in [0, 0.1) is 6.92 Å². The predicted octanol–water partition coefficient (Wildman–Crippen LogP) is 2.88. The van der Waals surface area contributed by atoms with Crippen molar-refractivity contribution >= 4 is 27.3 Å². The van der Waals surface area contributed by atoms with Gasteiger partial charge in [0.25, 0.3) is 10.0 Å². The van der Waals surface area contributed by atoms with Gasteiger partial charge in [-0.2, -0.15) is 0 Å². The van der Waals surface area contributed by atoms with Crippen LogP contribution in [0.3, 0.4) is 0 Å². The third kappa shape index (κ3) is 2.95. The average molecular weight is 412 g/mol. The number of nitrogens with zero attached hydrogens (tertiary/aromatic N) is 2. The molecule has 29 heavy (non-hydrogen) atoms. The number of rotatable bonds is 2. The Labute approximate surface area is 171 Å². The van der Waals surface area contributed by atoms with Crippen molar-refractivity contribution in [2.45, 2.75) is 43.0 Å². The van der Waals surface area contributed by atoms with Crippen molar-refractivity contribution in [3.63, 3.8) is 0 Å². The highest BCUT2D eigenvalue weighted by molar-refractivity contribution is 7.92. The van der Waals surface area contributed by atoms with E-state index in [9.17, 15) is 13.2 Å². The largest absolute Gasteiger partial charge is 0.326 e. The van der Waals surface area contributed by atoms with E-state index >= 15 is 0 Å². The summed E-state index contributed by atoms with van der Waals surface area (Å²) in [4.78, 5) is 14.2. The third-order valence-electron chi connectivity index (χ3n) is 6.43. The van der Waals surface area contributed by atoms with Crippen LogP contribution in [0.15, 0.2) is 41.3 Å². The van der Waals surface area contributed by atoms with E-state index in [0.717, 1.165) is 47.6 Å². The Kier molecular flexibility index (Phi) is 4.22. The predicted molar refractivity (Wildman–Crippen MR) is 113 cm³/mol. The van der Waals surface area contributed by atoms with Crippen molar-refractivity contribution in [1.82, 2.24) is 4.90 Å². The van der Waals surface area contributed by atoms with Gasteiger partial charge in [-0.05, 0) is 68.8 Å². The monoisotopic (exact) mass is 411 g/mol. The van der Waals surface area contributed by atoms with Gasteiger partial charge >= 0.3 is 0 Å². The molecule has 0 unspecified atom stereocenters. The fraction of sp³-hybridized carbons (Fsp3) is 0.409. The molecule has 0 spiro atoms. The van der Waals surface area contributed by atoms with Crippen molar-refractivity contribution in [1.29, 1.82) is 0 Å². The molecule has 0 aliphatic carbocycles. The zero-order chi connectivity index (χ0) is 20.3. The van der Waals surface area contributed by atoms with Gasteiger partial charge in [0.2, 0.25) is 5.91 Å². The molecular formula is C22H25N3O3S. The Balaban J connectivity index is 1.60. The molecular weight excluding hydrogens is 386 g/mol. The molecule has 0 saturated carbocycles. The number of likely N-dealkylation sites (N-methyl/N-ethyl adjacent to an activating group) is 1. The lowest BCUT2D eigenvalue weighted by Crippen LogP contribution is -2.47. The van der Waals surface area contributed by atoms with Gasteiger partial charge in [0.1, 0.15) is 0 Å². The second-order valence-electron chi connectivity index (χ2n) is 8.46. The summed E-state index contributed by atoms with van der Waals surface area (Å²) in [5.74, 6) is 0.168. The Bertz CT molecular complexity index is 1110. The van der Waals surface area contributed by atoms with Crippen molar-refractivity contribution in [2.24, 2.45) is 0 Å². The lowest BCUT2D eigenvalue weighted by atomic mass is 9.89. The van der Waals surface area contributed by atoms with Crippen molar-refractivity contribution in [2.75, 3.05) is 29.8 Å². The SMILES string of the molecule is Cc1ccc2c(c1)[C@H]1CN(C)CC[C@@H]1N2S(=O)(=O)c1ccc2c(c1)CCC(=O)N2. The summed E-state index contributed by atoms with van der Waals surface area (Å²) >= 11 is 0. The van der Waals surface area contributed by atoms with E-state index in [2.05, 4.69) is 30.3 Å². The van der Waals surface area contributed by atoms with Crippen LogP contribution in [0.4, 0.5) is 11.4 Å². The maximum absolute atomic E-state index is 13.8. The van der Waals surface area contributed by atoms with Crippen LogP contribution in [0.5, 0.6) is 0 Å². The minimum absolute atomic E-state index is 0.0221. The minimum atomic E-state index is -3.70. The number of hydrogen-bond acceptors (Lipinski definition) is 4. The maximum Gasteiger partial charge on any atom is 0.264 e. The zero-order valence-electron chi connectivity index (χ0n) is 16.7. The quantitative estimate of drug-likeness (QED) is 0.825. The first-order valence-corrected chi connectivity index (χ1v) is 11.5. The molecule has 3 aliphatic rings. The number of nitrogens with one attached hydrogen (secondary N) is 1. The van der Waals surface area contributed by atoms with Gasteiger partial charge < -0.3 is 10.2 Å². The number of carbonyl (C=O) groups is 1. The number of benzene rings is 2. The maximum atomic E-state index is 13.8. The number of hydrogen-bond donors (Lipinski definition) is 1. The van der Waals surface area contributed by atoms with Gasteiger partial charge in [0.15, 0.2) is 0 Å². The first-order chi connectivity index (χ1) is 13.8. The van der Waals surface area contributed by atoms with E-state index < -0.39 is 10.0 Å². The molecule has 1 saturated heterocycles. The fourth-order valence-corrected chi connectivity index (χ4v) is 6.77. The van der Waals surface area contributed by atoms with E-state index in [1.807, 2.05) is 12.1 Å². The lowest BCUT2D eigenvalue weighted by molar-refractivity contribution is -0.116. The van der Waals surface area contributed by atoms with Gasteiger partial charge in [-0.3, -0.25) is 9.10 Å². The molecule has 0 aromatic heterocycles. The number of carbonyl (C=O) groups excluding carboxylic acids is 1. The molecule has 2 atom stereocenters. The van der Waals surface area contributed by atoms with Gasteiger partial charge in [-0.1, -0.05) is 17.7 Å². The number of piperidine rings is 1. The Morgan fingerprint density at radius 3 is 2.76 bits per heavy atom. The molecule has 0 bridgehead atoms. The number of sulfonamides is 1.